The van der Waals surface area contributed by atoms with Crippen molar-refractivity contribution in [1.82, 2.24) is 19.9 Å². The van der Waals surface area contributed by atoms with E-state index in [2.05, 4.69) is 10.3 Å². The molecule has 0 radical (unpaired) electrons. The Kier molecular flexibility index (Phi) is 6.70. The Labute approximate surface area is 186 Å². The molecule has 1 aliphatic carbocycles. The monoisotopic (exact) mass is 436 g/mol. The van der Waals surface area contributed by atoms with Crippen molar-refractivity contribution in [2.24, 2.45) is 5.92 Å². The van der Waals surface area contributed by atoms with Gasteiger partial charge in [0.2, 0.25) is 5.91 Å². The van der Waals surface area contributed by atoms with Crippen molar-refractivity contribution in [3.8, 4) is 5.82 Å². The van der Waals surface area contributed by atoms with Gasteiger partial charge in [-0.2, -0.15) is 0 Å². The standard InChI is InChI=1S/C24H28N4O2S/c1-16-9-8-14-25-21(16)28-23(30)19-12-6-7-13-20(19)27-24(28)31-17(2)22(29)26-15-18-10-4-3-5-11-18/h6-9,12-14,17-18H,3-5,10-11,15H2,1-2H3,(H,26,29). The van der Waals surface area contributed by atoms with Crippen molar-refractivity contribution in [2.45, 2.75) is 56.4 Å². The maximum absolute atomic E-state index is 13.4. The molecule has 1 amide bonds. The van der Waals surface area contributed by atoms with E-state index in [4.69, 9.17) is 4.98 Å². The second kappa shape index (κ2) is 9.64. The molecule has 1 aliphatic rings. The number of benzene rings is 1. The van der Waals surface area contributed by atoms with E-state index >= 15 is 0 Å². The van der Waals surface area contributed by atoms with Crippen LogP contribution in [0.1, 0.15) is 44.6 Å². The molecule has 4 rings (SSSR count). The van der Waals surface area contributed by atoms with E-state index in [1.54, 1.807) is 12.3 Å². The summed E-state index contributed by atoms with van der Waals surface area (Å²) in [5, 5.41) is 3.73. The Morgan fingerprint density at radius 1 is 1.19 bits per heavy atom. The van der Waals surface area contributed by atoms with E-state index < -0.39 is 0 Å². The predicted octanol–water partition coefficient (Wildman–Crippen LogP) is 4.27. The van der Waals surface area contributed by atoms with Crippen LogP contribution in [-0.2, 0) is 4.79 Å². The molecule has 162 valence electrons. The van der Waals surface area contributed by atoms with Gasteiger partial charge in [-0.15, -0.1) is 0 Å². The van der Waals surface area contributed by atoms with E-state index in [1.165, 1.54) is 48.4 Å². The van der Waals surface area contributed by atoms with Crippen LogP contribution in [0.25, 0.3) is 16.7 Å². The number of pyridine rings is 1. The Hall–Kier alpha value is -2.67. The van der Waals surface area contributed by atoms with E-state index in [-0.39, 0.29) is 16.7 Å². The number of carbonyl (C=O) groups excluding carboxylic acids is 1. The summed E-state index contributed by atoms with van der Waals surface area (Å²) in [6, 6.07) is 11.0. The van der Waals surface area contributed by atoms with Gasteiger partial charge in [-0.05, 0) is 56.4 Å². The van der Waals surface area contributed by atoms with Crippen molar-refractivity contribution in [3.63, 3.8) is 0 Å². The third kappa shape index (κ3) is 4.82. The molecule has 2 aromatic heterocycles. The molecule has 3 aromatic rings. The number of aryl methyl sites for hydroxylation is 1. The first-order valence-corrected chi connectivity index (χ1v) is 11.8. The molecular formula is C24H28N4O2S. The van der Waals surface area contributed by atoms with Crippen molar-refractivity contribution in [3.05, 3.63) is 58.5 Å². The Bertz CT molecular complexity index is 1140. The summed E-state index contributed by atoms with van der Waals surface area (Å²) in [6.07, 6.45) is 7.84. The fraction of sp³-hybridized carbons (Fsp3) is 0.417. The van der Waals surface area contributed by atoms with Crippen molar-refractivity contribution < 1.29 is 4.79 Å². The highest BCUT2D eigenvalue weighted by Gasteiger charge is 2.22. The molecule has 1 atom stereocenters. The topological polar surface area (TPSA) is 76.9 Å². The maximum atomic E-state index is 13.4. The smallest absolute Gasteiger partial charge is 0.267 e. The lowest BCUT2D eigenvalue weighted by Gasteiger charge is -2.22. The number of nitrogens with one attached hydrogen (secondary N) is 1. The molecule has 6 nitrogen and oxygen atoms in total. The maximum Gasteiger partial charge on any atom is 0.267 e. The highest BCUT2D eigenvalue weighted by Crippen LogP contribution is 2.26. The largest absolute Gasteiger partial charge is 0.355 e. The van der Waals surface area contributed by atoms with Crippen LogP contribution in [0.2, 0.25) is 0 Å². The van der Waals surface area contributed by atoms with Crippen LogP contribution in [0.5, 0.6) is 0 Å². The third-order valence-corrected chi connectivity index (χ3v) is 6.93. The number of hydrogen-bond donors (Lipinski definition) is 1. The van der Waals surface area contributed by atoms with Gasteiger partial charge in [0.25, 0.3) is 5.56 Å². The average molecular weight is 437 g/mol. The molecule has 1 aromatic carbocycles. The Morgan fingerprint density at radius 2 is 1.97 bits per heavy atom. The average Bonchev–Trinajstić information content (AvgIpc) is 2.79. The Balaban J connectivity index is 1.63. The molecule has 1 N–H and O–H groups in total. The zero-order chi connectivity index (χ0) is 21.8. The Morgan fingerprint density at radius 3 is 2.74 bits per heavy atom. The van der Waals surface area contributed by atoms with Crippen LogP contribution >= 0.6 is 11.8 Å². The molecule has 1 fully saturated rings. The van der Waals surface area contributed by atoms with Gasteiger partial charge in [0, 0.05) is 12.7 Å². The van der Waals surface area contributed by atoms with Gasteiger partial charge >= 0.3 is 0 Å². The van der Waals surface area contributed by atoms with Crippen LogP contribution in [0.4, 0.5) is 0 Å². The lowest BCUT2D eigenvalue weighted by molar-refractivity contribution is -0.120. The van der Waals surface area contributed by atoms with Crippen molar-refractivity contribution in [1.29, 1.82) is 0 Å². The third-order valence-electron chi connectivity index (χ3n) is 5.88. The molecule has 7 heteroatoms. The van der Waals surface area contributed by atoms with Gasteiger partial charge in [0.15, 0.2) is 5.16 Å². The number of aromatic nitrogens is 3. The SMILES string of the molecule is Cc1cccnc1-n1c(SC(C)C(=O)NCC2CCCCC2)nc2ccccc2c1=O. The summed E-state index contributed by atoms with van der Waals surface area (Å²) in [5.74, 6) is 1.09. The molecule has 0 saturated heterocycles. The molecule has 0 aliphatic heterocycles. The minimum absolute atomic E-state index is 0.0257. The zero-order valence-electron chi connectivity index (χ0n) is 18.0. The fourth-order valence-electron chi connectivity index (χ4n) is 4.08. The second-order valence-corrected chi connectivity index (χ2v) is 9.51. The zero-order valence-corrected chi connectivity index (χ0v) is 18.8. The highest BCUT2D eigenvalue weighted by atomic mass is 32.2. The van der Waals surface area contributed by atoms with Crippen LogP contribution in [0, 0.1) is 12.8 Å². The van der Waals surface area contributed by atoms with Crippen LogP contribution in [-0.4, -0.2) is 32.2 Å². The molecule has 31 heavy (non-hydrogen) atoms. The number of rotatable bonds is 6. The molecule has 2 heterocycles. The summed E-state index contributed by atoms with van der Waals surface area (Å²) >= 11 is 1.30. The summed E-state index contributed by atoms with van der Waals surface area (Å²) in [7, 11) is 0. The van der Waals surface area contributed by atoms with E-state index in [1.807, 2.05) is 44.2 Å². The second-order valence-electron chi connectivity index (χ2n) is 8.21. The molecule has 0 bridgehead atoms. The van der Waals surface area contributed by atoms with Gasteiger partial charge in [-0.3, -0.25) is 9.59 Å². The first-order chi connectivity index (χ1) is 15.0. The van der Waals surface area contributed by atoms with E-state index in [0.717, 1.165) is 12.1 Å². The predicted molar refractivity (Wildman–Crippen MR) is 125 cm³/mol. The van der Waals surface area contributed by atoms with Gasteiger partial charge in [0.1, 0.15) is 5.82 Å². The number of nitrogens with zero attached hydrogens (tertiary/aromatic N) is 3. The van der Waals surface area contributed by atoms with Crippen LogP contribution in [0.15, 0.2) is 52.5 Å². The van der Waals surface area contributed by atoms with E-state index in [0.29, 0.717) is 27.8 Å². The summed E-state index contributed by atoms with van der Waals surface area (Å²) in [4.78, 5) is 35.3. The van der Waals surface area contributed by atoms with Crippen LogP contribution in [0.3, 0.4) is 0 Å². The van der Waals surface area contributed by atoms with Gasteiger partial charge < -0.3 is 5.32 Å². The van der Waals surface area contributed by atoms with Gasteiger partial charge in [-0.25, -0.2) is 14.5 Å². The van der Waals surface area contributed by atoms with Crippen molar-refractivity contribution >= 4 is 28.6 Å². The molecular weight excluding hydrogens is 408 g/mol. The number of amides is 1. The number of thioether (sulfide) groups is 1. The lowest BCUT2D eigenvalue weighted by Crippen LogP contribution is -2.35. The number of para-hydroxylation sites is 1. The molecule has 0 spiro atoms. The van der Waals surface area contributed by atoms with E-state index in [9.17, 15) is 9.59 Å². The summed E-state index contributed by atoms with van der Waals surface area (Å²) in [5.41, 5.74) is 1.32. The van der Waals surface area contributed by atoms with Crippen LogP contribution < -0.4 is 10.9 Å². The number of hydrogen-bond acceptors (Lipinski definition) is 5. The van der Waals surface area contributed by atoms with Gasteiger partial charge in [-0.1, -0.05) is 49.2 Å². The first-order valence-electron chi connectivity index (χ1n) is 10.9. The molecule has 1 unspecified atom stereocenters. The number of fused-ring (bicyclic) bond motifs is 1. The number of carbonyl (C=O) groups is 1. The highest BCUT2D eigenvalue weighted by molar-refractivity contribution is 8.00. The fourth-order valence-corrected chi connectivity index (χ4v) is 5.01. The first kappa shape index (κ1) is 21.6. The summed E-state index contributed by atoms with van der Waals surface area (Å²) < 4.78 is 1.53. The normalized spacial score (nSPS) is 15.7. The minimum Gasteiger partial charge on any atom is -0.355 e. The minimum atomic E-state index is -0.382. The quantitative estimate of drug-likeness (QED) is 0.461. The lowest BCUT2D eigenvalue weighted by atomic mass is 9.89. The van der Waals surface area contributed by atoms with Gasteiger partial charge in [0.05, 0.1) is 16.2 Å². The summed E-state index contributed by atoms with van der Waals surface area (Å²) in [6.45, 7) is 4.50. The molecule has 1 saturated carbocycles. The van der Waals surface area contributed by atoms with Crippen molar-refractivity contribution in [2.75, 3.05) is 6.54 Å².